The third-order valence-electron chi connectivity index (χ3n) is 2.20. The van der Waals surface area contributed by atoms with E-state index in [1.807, 2.05) is 13.8 Å². The molecule has 0 bridgehead atoms. The second-order valence-electron chi connectivity index (χ2n) is 3.57. The van der Waals surface area contributed by atoms with Gasteiger partial charge in [0.1, 0.15) is 0 Å². The van der Waals surface area contributed by atoms with E-state index in [4.69, 9.17) is 0 Å². The fraction of sp³-hybridized carbons (Fsp3) is 0.400. The number of nitrogens with zero attached hydrogens (tertiary/aromatic N) is 1. The predicted octanol–water partition coefficient (Wildman–Crippen LogP) is 2.48. The molecule has 0 aliphatic carbocycles. The molecule has 1 rings (SSSR count). The van der Waals surface area contributed by atoms with Gasteiger partial charge in [0.25, 0.3) is 0 Å². The molecule has 15 heavy (non-hydrogen) atoms. The van der Waals surface area contributed by atoms with E-state index in [0.29, 0.717) is 4.90 Å². The summed E-state index contributed by atoms with van der Waals surface area (Å²) >= 11 is 3.26. The molecule has 0 saturated carbocycles. The van der Waals surface area contributed by atoms with Crippen molar-refractivity contribution in [2.45, 2.75) is 24.8 Å². The first kappa shape index (κ1) is 12.7. The lowest BCUT2D eigenvalue weighted by atomic mass is 10.4. The zero-order valence-corrected chi connectivity index (χ0v) is 11.3. The molecule has 84 valence electrons. The third-order valence-corrected chi connectivity index (χ3v) is 4.72. The SMILES string of the molecule is CC(C)N(C)S(=O)(=O)c1cccc(Br)c1. The summed E-state index contributed by atoms with van der Waals surface area (Å²) in [5, 5.41) is 0. The zero-order chi connectivity index (χ0) is 11.6. The molecule has 0 N–H and O–H groups in total. The number of benzene rings is 1. The molecule has 0 amide bonds. The van der Waals surface area contributed by atoms with Crippen molar-refractivity contribution in [1.29, 1.82) is 0 Å². The van der Waals surface area contributed by atoms with Gasteiger partial charge >= 0.3 is 0 Å². The lowest BCUT2D eigenvalue weighted by molar-refractivity contribution is 0.410. The molecule has 0 spiro atoms. The molecule has 0 radical (unpaired) electrons. The predicted molar refractivity (Wildman–Crippen MR) is 64.2 cm³/mol. The van der Waals surface area contributed by atoms with Crippen LogP contribution in [-0.2, 0) is 10.0 Å². The Kier molecular flexibility index (Phi) is 3.92. The van der Waals surface area contributed by atoms with Crippen LogP contribution < -0.4 is 0 Å². The topological polar surface area (TPSA) is 37.4 Å². The number of halogens is 1. The highest BCUT2D eigenvalue weighted by Gasteiger charge is 2.22. The molecule has 5 heteroatoms. The highest BCUT2D eigenvalue weighted by molar-refractivity contribution is 9.10. The average Bonchev–Trinajstić information content (AvgIpc) is 2.16. The lowest BCUT2D eigenvalue weighted by Gasteiger charge is -2.20. The Labute approximate surface area is 99.3 Å². The molecule has 0 atom stereocenters. The van der Waals surface area contributed by atoms with Crippen molar-refractivity contribution in [3.8, 4) is 0 Å². The van der Waals surface area contributed by atoms with Gasteiger partial charge in [-0.2, -0.15) is 4.31 Å². The normalized spacial score (nSPS) is 12.4. The summed E-state index contributed by atoms with van der Waals surface area (Å²) in [5.74, 6) is 0. The molecular weight excluding hydrogens is 278 g/mol. The van der Waals surface area contributed by atoms with Crippen molar-refractivity contribution >= 4 is 26.0 Å². The van der Waals surface area contributed by atoms with E-state index >= 15 is 0 Å². The third kappa shape index (κ3) is 2.80. The van der Waals surface area contributed by atoms with Gasteiger partial charge in [-0.15, -0.1) is 0 Å². The van der Waals surface area contributed by atoms with Crippen LogP contribution in [-0.4, -0.2) is 25.8 Å². The Balaban J connectivity index is 3.17. The fourth-order valence-corrected chi connectivity index (χ4v) is 3.04. The van der Waals surface area contributed by atoms with Gasteiger partial charge in [0.15, 0.2) is 0 Å². The van der Waals surface area contributed by atoms with Crippen LogP contribution in [0.3, 0.4) is 0 Å². The molecule has 0 saturated heterocycles. The number of hydrogen-bond acceptors (Lipinski definition) is 2. The van der Waals surface area contributed by atoms with E-state index in [2.05, 4.69) is 15.9 Å². The Hall–Kier alpha value is -0.390. The minimum Gasteiger partial charge on any atom is -0.207 e. The van der Waals surface area contributed by atoms with Crippen molar-refractivity contribution in [2.75, 3.05) is 7.05 Å². The summed E-state index contributed by atoms with van der Waals surface area (Å²) in [7, 11) is -1.77. The molecule has 0 aliphatic rings. The maximum absolute atomic E-state index is 12.0. The molecule has 0 unspecified atom stereocenters. The first-order valence-corrected chi connectivity index (χ1v) is 6.82. The van der Waals surface area contributed by atoms with Gasteiger partial charge in [0, 0.05) is 17.6 Å². The van der Waals surface area contributed by atoms with Crippen molar-refractivity contribution < 1.29 is 8.42 Å². The van der Waals surface area contributed by atoms with Gasteiger partial charge in [-0.25, -0.2) is 8.42 Å². The van der Waals surface area contributed by atoms with Crippen LogP contribution in [0.5, 0.6) is 0 Å². The lowest BCUT2D eigenvalue weighted by Crippen LogP contribution is -2.33. The van der Waals surface area contributed by atoms with Gasteiger partial charge in [-0.1, -0.05) is 22.0 Å². The fourth-order valence-electron chi connectivity index (χ4n) is 1.07. The molecule has 1 aromatic carbocycles. The maximum atomic E-state index is 12.0. The summed E-state index contributed by atoms with van der Waals surface area (Å²) in [6, 6.07) is 6.67. The number of rotatable bonds is 3. The van der Waals surface area contributed by atoms with Gasteiger partial charge in [-0.05, 0) is 32.0 Å². The van der Waals surface area contributed by atoms with E-state index in [1.54, 1.807) is 31.3 Å². The molecule has 1 aromatic rings. The van der Waals surface area contributed by atoms with Crippen LogP contribution in [0.25, 0.3) is 0 Å². The van der Waals surface area contributed by atoms with Gasteiger partial charge in [0.2, 0.25) is 10.0 Å². The minimum atomic E-state index is -3.36. The van der Waals surface area contributed by atoms with Crippen LogP contribution in [0, 0.1) is 0 Å². The molecule has 0 aromatic heterocycles. The van der Waals surface area contributed by atoms with E-state index < -0.39 is 10.0 Å². The van der Waals surface area contributed by atoms with Crippen LogP contribution in [0.15, 0.2) is 33.6 Å². The maximum Gasteiger partial charge on any atom is 0.243 e. The van der Waals surface area contributed by atoms with E-state index in [9.17, 15) is 8.42 Å². The van der Waals surface area contributed by atoms with E-state index in [1.165, 1.54) is 4.31 Å². The van der Waals surface area contributed by atoms with Crippen molar-refractivity contribution in [3.05, 3.63) is 28.7 Å². The number of hydrogen-bond donors (Lipinski definition) is 0. The highest BCUT2D eigenvalue weighted by Crippen LogP contribution is 2.20. The Morgan fingerprint density at radius 1 is 1.33 bits per heavy atom. The standard InChI is InChI=1S/C10H14BrNO2S/c1-8(2)12(3)15(13,14)10-6-4-5-9(11)7-10/h4-8H,1-3H3. The van der Waals surface area contributed by atoms with Crippen molar-refractivity contribution in [3.63, 3.8) is 0 Å². The van der Waals surface area contributed by atoms with Crippen molar-refractivity contribution in [2.24, 2.45) is 0 Å². The minimum absolute atomic E-state index is 0.0472. The molecule has 3 nitrogen and oxygen atoms in total. The summed E-state index contributed by atoms with van der Waals surface area (Å²) in [6.07, 6.45) is 0. The molecular formula is C10H14BrNO2S. The largest absolute Gasteiger partial charge is 0.243 e. The van der Waals surface area contributed by atoms with Gasteiger partial charge in [-0.3, -0.25) is 0 Å². The monoisotopic (exact) mass is 291 g/mol. The van der Waals surface area contributed by atoms with Crippen LogP contribution >= 0.6 is 15.9 Å². The second kappa shape index (κ2) is 4.63. The highest BCUT2D eigenvalue weighted by atomic mass is 79.9. The van der Waals surface area contributed by atoms with E-state index in [-0.39, 0.29) is 6.04 Å². The van der Waals surface area contributed by atoms with Crippen molar-refractivity contribution in [1.82, 2.24) is 4.31 Å². The smallest absolute Gasteiger partial charge is 0.207 e. The first-order chi connectivity index (χ1) is 6.85. The summed E-state index contributed by atoms with van der Waals surface area (Å²) in [5.41, 5.74) is 0. The average molecular weight is 292 g/mol. The summed E-state index contributed by atoms with van der Waals surface area (Å²) in [4.78, 5) is 0.313. The molecule has 0 aliphatic heterocycles. The summed E-state index contributed by atoms with van der Waals surface area (Å²) < 4.78 is 26.2. The van der Waals surface area contributed by atoms with Gasteiger partial charge < -0.3 is 0 Å². The quantitative estimate of drug-likeness (QED) is 0.858. The zero-order valence-electron chi connectivity index (χ0n) is 8.94. The van der Waals surface area contributed by atoms with Gasteiger partial charge in [0.05, 0.1) is 4.90 Å². The first-order valence-electron chi connectivity index (χ1n) is 4.59. The second-order valence-corrected chi connectivity index (χ2v) is 6.49. The Morgan fingerprint density at radius 3 is 2.40 bits per heavy atom. The Bertz CT molecular complexity index is 442. The van der Waals surface area contributed by atoms with Crippen LogP contribution in [0.4, 0.5) is 0 Å². The van der Waals surface area contributed by atoms with E-state index in [0.717, 1.165) is 4.47 Å². The van der Waals surface area contributed by atoms with Crippen LogP contribution in [0.1, 0.15) is 13.8 Å². The van der Waals surface area contributed by atoms with Crippen LogP contribution in [0.2, 0.25) is 0 Å². The molecule has 0 heterocycles. The summed E-state index contributed by atoms with van der Waals surface area (Å²) in [6.45, 7) is 3.69. The Morgan fingerprint density at radius 2 is 1.93 bits per heavy atom. The number of sulfonamides is 1. The molecule has 0 fully saturated rings.